The first-order valence-electron chi connectivity index (χ1n) is 13.6. The molecule has 0 aliphatic carbocycles. The van der Waals surface area contributed by atoms with Crippen LogP contribution in [0.4, 0.5) is 0 Å². The summed E-state index contributed by atoms with van der Waals surface area (Å²) in [5.41, 5.74) is 3.04. The fourth-order valence-corrected chi connectivity index (χ4v) is 5.89. The topological polar surface area (TPSA) is 44.8 Å². The van der Waals surface area contributed by atoms with Gasteiger partial charge in [0.2, 0.25) is 0 Å². The molecule has 1 N–H and O–H groups in total. The maximum absolute atomic E-state index is 12.9. The Hall–Kier alpha value is -2.28. The van der Waals surface area contributed by atoms with Crippen molar-refractivity contribution in [3.63, 3.8) is 0 Å². The molecule has 3 aromatic rings. The van der Waals surface area contributed by atoms with Gasteiger partial charge in [-0.3, -0.25) is 14.6 Å². The molecular weight excluding hydrogens is 553 g/mol. The Morgan fingerprint density at radius 1 is 0.744 bits per heavy atom. The number of carbonyl (C=O) groups excluding carboxylic acids is 1. The molecule has 206 valence electrons. The summed E-state index contributed by atoms with van der Waals surface area (Å²) in [7, 11) is 0. The van der Waals surface area contributed by atoms with E-state index in [1.54, 1.807) is 12.1 Å². The van der Waals surface area contributed by atoms with Crippen LogP contribution < -0.4 is 10.1 Å². The van der Waals surface area contributed by atoms with Gasteiger partial charge in [-0.15, -0.1) is 0 Å². The highest BCUT2D eigenvalue weighted by Gasteiger charge is 2.24. The Kier molecular flexibility index (Phi) is 9.70. The number of rotatable bonds is 8. The quantitative estimate of drug-likeness (QED) is 0.306. The second-order valence-electron chi connectivity index (χ2n) is 10.5. The number of nitrogens with zero attached hydrogens (tertiary/aromatic N) is 2. The van der Waals surface area contributed by atoms with E-state index < -0.39 is 0 Å². The number of piperidine rings is 2. The summed E-state index contributed by atoms with van der Waals surface area (Å²) < 4.78 is 6.23. The summed E-state index contributed by atoms with van der Waals surface area (Å²) in [6.07, 6.45) is 3.79. The minimum Gasteiger partial charge on any atom is -0.489 e. The normalized spacial score (nSPS) is 17.7. The minimum atomic E-state index is -0.0828. The molecule has 2 aliphatic heterocycles. The Morgan fingerprint density at radius 3 is 2.08 bits per heavy atom. The molecule has 2 fully saturated rings. The second-order valence-corrected chi connectivity index (χ2v) is 11.7. The molecule has 0 bridgehead atoms. The molecule has 2 saturated heterocycles. The number of carbonyl (C=O) groups is 1. The molecule has 8 heteroatoms. The van der Waals surface area contributed by atoms with Gasteiger partial charge >= 0.3 is 0 Å². The first-order valence-corrected chi connectivity index (χ1v) is 14.8. The molecule has 1 amide bonds. The number of amides is 1. The first kappa shape index (κ1) is 28.3. The van der Waals surface area contributed by atoms with Crippen LogP contribution >= 0.6 is 34.8 Å². The SMILES string of the molecule is O=C(NC1CCN(Cc2ccccc2)CC1)c1ccc(OC2CCN(Cc3ccc(Cl)c(Cl)c3)CC2)c(Cl)c1. The molecule has 0 unspecified atom stereocenters. The van der Waals surface area contributed by atoms with Crippen LogP contribution in [0.15, 0.2) is 66.7 Å². The van der Waals surface area contributed by atoms with Crippen LogP contribution in [-0.2, 0) is 13.1 Å². The summed E-state index contributed by atoms with van der Waals surface area (Å²) in [6, 6.07) is 21.8. The summed E-state index contributed by atoms with van der Waals surface area (Å²) in [5.74, 6) is 0.547. The Balaban J connectivity index is 1.06. The maximum atomic E-state index is 12.9. The highest BCUT2D eigenvalue weighted by Crippen LogP contribution is 2.29. The summed E-state index contributed by atoms with van der Waals surface area (Å²) >= 11 is 18.7. The zero-order valence-electron chi connectivity index (χ0n) is 21.9. The Labute approximate surface area is 246 Å². The highest BCUT2D eigenvalue weighted by atomic mass is 35.5. The van der Waals surface area contributed by atoms with E-state index in [9.17, 15) is 4.79 Å². The fourth-order valence-electron chi connectivity index (χ4n) is 5.34. The minimum absolute atomic E-state index is 0.0828. The van der Waals surface area contributed by atoms with Gasteiger partial charge in [0.1, 0.15) is 11.9 Å². The Morgan fingerprint density at radius 2 is 1.41 bits per heavy atom. The van der Waals surface area contributed by atoms with Crippen molar-refractivity contribution in [3.8, 4) is 5.75 Å². The van der Waals surface area contributed by atoms with E-state index in [4.69, 9.17) is 39.5 Å². The number of hydrogen-bond acceptors (Lipinski definition) is 4. The third-order valence-electron chi connectivity index (χ3n) is 7.58. The van der Waals surface area contributed by atoms with Gasteiger partial charge in [-0.2, -0.15) is 0 Å². The fraction of sp³-hybridized carbons (Fsp3) is 0.387. The van der Waals surface area contributed by atoms with Gasteiger partial charge in [0.25, 0.3) is 5.91 Å². The smallest absolute Gasteiger partial charge is 0.251 e. The Bertz CT molecular complexity index is 1260. The lowest BCUT2D eigenvalue weighted by atomic mass is 10.0. The van der Waals surface area contributed by atoms with Crippen LogP contribution in [0.1, 0.15) is 47.2 Å². The average Bonchev–Trinajstić information content (AvgIpc) is 2.94. The predicted molar refractivity (Wildman–Crippen MR) is 159 cm³/mol. The van der Waals surface area contributed by atoms with Crippen LogP contribution in [0.5, 0.6) is 5.75 Å². The molecule has 2 heterocycles. The lowest BCUT2D eigenvalue weighted by molar-refractivity contribution is 0.0908. The maximum Gasteiger partial charge on any atom is 0.251 e. The molecule has 0 saturated carbocycles. The molecule has 2 aliphatic rings. The van der Waals surface area contributed by atoms with Crippen molar-refractivity contribution < 1.29 is 9.53 Å². The largest absolute Gasteiger partial charge is 0.489 e. The van der Waals surface area contributed by atoms with Gasteiger partial charge in [-0.1, -0.05) is 71.2 Å². The van der Waals surface area contributed by atoms with E-state index in [0.29, 0.717) is 26.4 Å². The van der Waals surface area contributed by atoms with Crippen LogP contribution in [0.25, 0.3) is 0 Å². The third kappa shape index (κ3) is 7.90. The first-order chi connectivity index (χ1) is 18.9. The molecular formula is C31H34Cl3N3O2. The van der Waals surface area contributed by atoms with Crippen molar-refractivity contribution in [1.29, 1.82) is 0 Å². The van der Waals surface area contributed by atoms with Crippen molar-refractivity contribution in [2.75, 3.05) is 26.2 Å². The van der Waals surface area contributed by atoms with E-state index in [0.717, 1.165) is 70.5 Å². The van der Waals surface area contributed by atoms with Crippen molar-refractivity contribution >= 4 is 40.7 Å². The van der Waals surface area contributed by atoms with Gasteiger partial charge in [0.15, 0.2) is 0 Å². The number of hydrogen-bond donors (Lipinski definition) is 1. The molecule has 0 aromatic heterocycles. The van der Waals surface area contributed by atoms with Crippen LogP contribution in [0, 0.1) is 0 Å². The summed E-state index contributed by atoms with van der Waals surface area (Å²) in [4.78, 5) is 17.8. The zero-order valence-corrected chi connectivity index (χ0v) is 24.2. The average molecular weight is 587 g/mol. The van der Waals surface area contributed by atoms with E-state index in [1.165, 1.54) is 5.56 Å². The number of benzene rings is 3. The lowest BCUT2D eigenvalue weighted by Gasteiger charge is -2.32. The van der Waals surface area contributed by atoms with Crippen LogP contribution in [0.3, 0.4) is 0 Å². The molecule has 5 nitrogen and oxygen atoms in total. The molecule has 39 heavy (non-hydrogen) atoms. The standard InChI is InChI=1S/C31H34Cl3N3O2/c32-27-8-6-23(18-28(27)33)21-37-16-12-26(13-17-37)39-30-9-7-24(19-29(30)34)31(38)35-25-10-14-36(15-11-25)20-22-4-2-1-3-5-22/h1-9,18-19,25-26H,10-17,20-21H2,(H,35,38). The number of likely N-dealkylation sites (tertiary alicyclic amines) is 2. The van der Waals surface area contributed by atoms with Crippen molar-refractivity contribution in [1.82, 2.24) is 15.1 Å². The predicted octanol–water partition coefficient (Wildman–Crippen LogP) is 7.08. The molecule has 3 aromatic carbocycles. The van der Waals surface area contributed by atoms with Crippen molar-refractivity contribution in [3.05, 3.63) is 98.5 Å². The second kappa shape index (κ2) is 13.4. The van der Waals surface area contributed by atoms with Gasteiger partial charge in [-0.05, 0) is 67.1 Å². The van der Waals surface area contributed by atoms with E-state index >= 15 is 0 Å². The van der Waals surface area contributed by atoms with E-state index in [-0.39, 0.29) is 18.1 Å². The summed E-state index contributed by atoms with van der Waals surface area (Å²) in [5, 5.41) is 4.83. The van der Waals surface area contributed by atoms with Crippen molar-refractivity contribution in [2.24, 2.45) is 0 Å². The summed E-state index contributed by atoms with van der Waals surface area (Å²) in [6.45, 7) is 5.58. The number of halogens is 3. The monoisotopic (exact) mass is 585 g/mol. The number of ether oxygens (including phenoxy) is 1. The van der Waals surface area contributed by atoms with Gasteiger partial charge in [0, 0.05) is 50.9 Å². The van der Waals surface area contributed by atoms with Crippen LogP contribution in [-0.4, -0.2) is 54.0 Å². The molecule has 0 spiro atoms. The third-order valence-corrected chi connectivity index (χ3v) is 8.62. The molecule has 5 rings (SSSR count). The van der Waals surface area contributed by atoms with Gasteiger partial charge in [0.05, 0.1) is 15.1 Å². The van der Waals surface area contributed by atoms with Crippen molar-refractivity contribution in [2.45, 2.75) is 50.9 Å². The molecule has 0 radical (unpaired) electrons. The van der Waals surface area contributed by atoms with Gasteiger partial charge < -0.3 is 10.1 Å². The van der Waals surface area contributed by atoms with E-state index in [2.05, 4.69) is 39.4 Å². The van der Waals surface area contributed by atoms with Gasteiger partial charge in [-0.25, -0.2) is 0 Å². The van der Waals surface area contributed by atoms with Crippen LogP contribution in [0.2, 0.25) is 15.1 Å². The lowest BCUT2D eigenvalue weighted by Crippen LogP contribution is -2.44. The highest BCUT2D eigenvalue weighted by molar-refractivity contribution is 6.42. The van der Waals surface area contributed by atoms with E-state index in [1.807, 2.05) is 30.3 Å². The number of nitrogens with one attached hydrogen (secondary N) is 1. The molecule has 0 atom stereocenters. The zero-order chi connectivity index (χ0) is 27.2.